The Labute approximate surface area is 220 Å². The third kappa shape index (κ3) is 4.09. The van der Waals surface area contributed by atoms with E-state index in [0.717, 1.165) is 38.0 Å². The molecule has 1 aliphatic rings. The highest BCUT2D eigenvalue weighted by Crippen LogP contribution is 2.49. The highest BCUT2D eigenvalue weighted by molar-refractivity contribution is 8.00. The predicted octanol–water partition coefficient (Wildman–Crippen LogP) is 6.40. The standard InChI is InChI=1S/C26H18ClN5O2S2/c1-34-18-9-7-17(8-10-18)32-25-19(13-30-32)26(29-15-28-25)35-14-24(33)31-20-4-2-3-5-22(20)36-23-11-6-16(27)12-21(23)31/h2-13,15H,14H2,1H3. The van der Waals surface area contributed by atoms with E-state index < -0.39 is 0 Å². The van der Waals surface area contributed by atoms with Gasteiger partial charge in [0.25, 0.3) is 0 Å². The minimum absolute atomic E-state index is 0.0643. The topological polar surface area (TPSA) is 73.1 Å². The zero-order valence-corrected chi connectivity index (χ0v) is 21.3. The molecule has 1 amide bonds. The lowest BCUT2D eigenvalue weighted by atomic mass is 10.2. The number of benzene rings is 3. The summed E-state index contributed by atoms with van der Waals surface area (Å²) in [6, 6.07) is 21.1. The Kier molecular flexibility index (Phi) is 6.04. The first-order chi connectivity index (χ1) is 17.6. The van der Waals surface area contributed by atoms with E-state index in [1.165, 1.54) is 18.1 Å². The second-order valence-electron chi connectivity index (χ2n) is 7.87. The molecule has 7 nitrogen and oxygen atoms in total. The van der Waals surface area contributed by atoms with E-state index >= 15 is 0 Å². The second-order valence-corrected chi connectivity index (χ2v) is 10.4. The lowest BCUT2D eigenvalue weighted by molar-refractivity contribution is -0.115. The fraction of sp³-hybridized carbons (Fsp3) is 0.0769. The van der Waals surface area contributed by atoms with Gasteiger partial charge in [0.2, 0.25) is 5.91 Å². The van der Waals surface area contributed by atoms with Gasteiger partial charge >= 0.3 is 0 Å². The van der Waals surface area contributed by atoms with Gasteiger partial charge in [0.1, 0.15) is 17.1 Å². The summed E-state index contributed by atoms with van der Waals surface area (Å²) in [6.45, 7) is 0. The molecule has 0 saturated carbocycles. The summed E-state index contributed by atoms with van der Waals surface area (Å²) in [6.07, 6.45) is 3.23. The molecule has 3 aromatic carbocycles. The molecule has 1 aliphatic heterocycles. The number of thioether (sulfide) groups is 1. The quantitative estimate of drug-likeness (QED) is 0.192. The van der Waals surface area contributed by atoms with Gasteiger partial charge in [0.05, 0.1) is 41.5 Å². The molecular formula is C26H18ClN5O2S2. The fourth-order valence-corrected chi connectivity index (χ4v) is 6.06. The number of carbonyl (C=O) groups is 1. The van der Waals surface area contributed by atoms with Gasteiger partial charge in [-0.2, -0.15) is 5.10 Å². The molecular weight excluding hydrogens is 514 g/mol. The van der Waals surface area contributed by atoms with Crippen molar-refractivity contribution in [2.75, 3.05) is 17.8 Å². The summed E-state index contributed by atoms with van der Waals surface area (Å²) < 4.78 is 6.99. The maximum absolute atomic E-state index is 13.6. The van der Waals surface area contributed by atoms with Crippen LogP contribution in [0.5, 0.6) is 5.75 Å². The average molecular weight is 532 g/mol. The van der Waals surface area contributed by atoms with E-state index in [1.54, 1.807) is 34.7 Å². The number of para-hydroxylation sites is 1. The van der Waals surface area contributed by atoms with Gasteiger partial charge in [0.15, 0.2) is 5.65 Å². The molecule has 0 bridgehead atoms. The molecule has 0 spiro atoms. The van der Waals surface area contributed by atoms with Crippen molar-refractivity contribution in [1.29, 1.82) is 0 Å². The van der Waals surface area contributed by atoms with Crippen LogP contribution in [0.1, 0.15) is 0 Å². The Morgan fingerprint density at radius 3 is 2.67 bits per heavy atom. The third-order valence-electron chi connectivity index (χ3n) is 5.72. The van der Waals surface area contributed by atoms with Crippen molar-refractivity contribution in [3.63, 3.8) is 0 Å². The second kappa shape index (κ2) is 9.50. The van der Waals surface area contributed by atoms with Crippen LogP contribution in [0.3, 0.4) is 0 Å². The number of nitrogens with zero attached hydrogens (tertiary/aromatic N) is 5. The van der Waals surface area contributed by atoms with Crippen LogP contribution in [0.2, 0.25) is 5.02 Å². The Hall–Kier alpha value is -3.53. The number of amides is 1. The van der Waals surface area contributed by atoms with E-state index in [4.69, 9.17) is 16.3 Å². The monoisotopic (exact) mass is 531 g/mol. The maximum atomic E-state index is 13.6. The molecule has 6 rings (SSSR count). The largest absolute Gasteiger partial charge is 0.497 e. The summed E-state index contributed by atoms with van der Waals surface area (Å²) in [5, 5.41) is 6.58. The first-order valence-corrected chi connectivity index (χ1v) is 13.2. The molecule has 0 radical (unpaired) electrons. The molecule has 0 fully saturated rings. The number of fused-ring (bicyclic) bond motifs is 3. The SMILES string of the molecule is COc1ccc(-n2ncc3c(SCC(=O)N4c5ccccc5Sc5ccc(Cl)cc54)ncnc32)cc1. The van der Waals surface area contributed by atoms with Crippen LogP contribution in [-0.4, -0.2) is 38.5 Å². The normalized spacial score (nSPS) is 12.3. The van der Waals surface area contributed by atoms with Crippen molar-refractivity contribution in [1.82, 2.24) is 19.7 Å². The number of carbonyl (C=O) groups excluding carboxylic acids is 1. The highest BCUT2D eigenvalue weighted by Gasteiger charge is 2.28. The number of halogens is 1. The van der Waals surface area contributed by atoms with Crippen LogP contribution in [0.25, 0.3) is 16.7 Å². The first kappa shape index (κ1) is 22.9. The van der Waals surface area contributed by atoms with Crippen LogP contribution in [0, 0.1) is 0 Å². The maximum Gasteiger partial charge on any atom is 0.242 e. The third-order valence-corrected chi connectivity index (χ3v) is 8.07. The number of aromatic nitrogens is 4. The van der Waals surface area contributed by atoms with Crippen molar-refractivity contribution >= 4 is 63.4 Å². The number of anilines is 2. The number of hydrogen-bond donors (Lipinski definition) is 0. The summed E-state index contributed by atoms with van der Waals surface area (Å²) in [7, 11) is 1.63. The van der Waals surface area contributed by atoms with Crippen LogP contribution in [0.4, 0.5) is 11.4 Å². The van der Waals surface area contributed by atoms with Gasteiger partial charge in [-0.15, -0.1) is 0 Å². The van der Waals surface area contributed by atoms with Crippen molar-refractivity contribution in [2.45, 2.75) is 14.8 Å². The van der Waals surface area contributed by atoms with Gasteiger partial charge in [0, 0.05) is 14.8 Å². The van der Waals surface area contributed by atoms with Gasteiger partial charge in [-0.1, -0.05) is 47.3 Å². The van der Waals surface area contributed by atoms with Gasteiger partial charge in [-0.3, -0.25) is 9.69 Å². The Balaban J connectivity index is 1.30. The van der Waals surface area contributed by atoms with Crippen molar-refractivity contribution < 1.29 is 9.53 Å². The van der Waals surface area contributed by atoms with E-state index in [-0.39, 0.29) is 11.7 Å². The van der Waals surface area contributed by atoms with E-state index in [0.29, 0.717) is 15.7 Å². The lowest BCUT2D eigenvalue weighted by Gasteiger charge is -2.31. The lowest BCUT2D eigenvalue weighted by Crippen LogP contribution is -2.30. The molecule has 0 unspecified atom stereocenters. The van der Waals surface area contributed by atoms with Crippen LogP contribution < -0.4 is 9.64 Å². The molecule has 10 heteroatoms. The van der Waals surface area contributed by atoms with Crippen molar-refractivity contribution in [3.05, 3.63) is 84.3 Å². The summed E-state index contributed by atoms with van der Waals surface area (Å²) in [5.74, 6) is 0.885. The average Bonchev–Trinajstić information content (AvgIpc) is 3.35. The fourth-order valence-electron chi connectivity index (χ4n) is 4.04. The zero-order valence-electron chi connectivity index (χ0n) is 19.0. The molecule has 36 heavy (non-hydrogen) atoms. The number of hydrogen-bond acceptors (Lipinski definition) is 7. The van der Waals surface area contributed by atoms with Crippen LogP contribution in [-0.2, 0) is 4.79 Å². The van der Waals surface area contributed by atoms with E-state index in [9.17, 15) is 4.79 Å². The van der Waals surface area contributed by atoms with Crippen molar-refractivity contribution in [3.8, 4) is 11.4 Å². The Bertz CT molecular complexity index is 1610. The smallest absolute Gasteiger partial charge is 0.242 e. The van der Waals surface area contributed by atoms with Crippen molar-refractivity contribution in [2.24, 2.45) is 0 Å². The van der Waals surface area contributed by atoms with Gasteiger partial charge in [-0.25, -0.2) is 14.6 Å². The molecule has 0 N–H and O–H groups in total. The molecule has 0 aliphatic carbocycles. The Morgan fingerprint density at radius 2 is 1.83 bits per heavy atom. The first-order valence-electron chi connectivity index (χ1n) is 11.0. The molecule has 0 atom stereocenters. The molecule has 2 aromatic heterocycles. The highest BCUT2D eigenvalue weighted by atomic mass is 35.5. The molecule has 5 aromatic rings. The van der Waals surface area contributed by atoms with E-state index in [1.807, 2.05) is 66.7 Å². The zero-order chi connectivity index (χ0) is 24.6. The van der Waals surface area contributed by atoms with Gasteiger partial charge in [-0.05, 0) is 54.6 Å². The summed E-state index contributed by atoms with van der Waals surface area (Å²) >= 11 is 9.29. The van der Waals surface area contributed by atoms with E-state index in [2.05, 4.69) is 15.1 Å². The van der Waals surface area contributed by atoms with Gasteiger partial charge < -0.3 is 4.74 Å². The number of methoxy groups -OCH3 is 1. The minimum atomic E-state index is -0.0643. The molecule has 3 heterocycles. The molecule has 0 saturated heterocycles. The molecule has 178 valence electrons. The summed E-state index contributed by atoms with van der Waals surface area (Å²) in [5.41, 5.74) is 3.16. The van der Waals surface area contributed by atoms with Crippen LogP contribution >= 0.6 is 35.1 Å². The minimum Gasteiger partial charge on any atom is -0.497 e. The summed E-state index contributed by atoms with van der Waals surface area (Å²) in [4.78, 5) is 26.3. The predicted molar refractivity (Wildman–Crippen MR) is 143 cm³/mol. The van der Waals surface area contributed by atoms with Crippen LogP contribution in [0.15, 0.2) is 94.1 Å². The number of ether oxygens (including phenoxy) is 1. The Morgan fingerprint density at radius 1 is 1.03 bits per heavy atom. The number of rotatable bonds is 5.